The van der Waals surface area contributed by atoms with Crippen LogP contribution >= 0.6 is 0 Å². The van der Waals surface area contributed by atoms with Gasteiger partial charge in [-0.25, -0.2) is 4.98 Å². The molecule has 2 rings (SSSR count). The van der Waals surface area contributed by atoms with E-state index in [4.69, 9.17) is 5.11 Å². The predicted molar refractivity (Wildman–Crippen MR) is 59.9 cm³/mol. The van der Waals surface area contributed by atoms with Crippen LogP contribution in [0.5, 0.6) is 0 Å². The number of nitrogens with one attached hydrogen (secondary N) is 1. The molecule has 0 aliphatic rings. The molecule has 0 fully saturated rings. The van der Waals surface area contributed by atoms with Crippen molar-refractivity contribution >= 4 is 11.5 Å². The molecule has 0 spiro atoms. The van der Waals surface area contributed by atoms with Gasteiger partial charge in [-0.15, -0.1) is 0 Å². The van der Waals surface area contributed by atoms with Gasteiger partial charge in [0, 0.05) is 17.4 Å². The Labute approximate surface area is 88.4 Å². The van der Waals surface area contributed by atoms with Crippen LogP contribution in [0.1, 0.15) is 5.56 Å². The number of hydrogen-bond donors (Lipinski definition) is 2. The Morgan fingerprint density at radius 2 is 1.87 bits per heavy atom. The fraction of sp³-hybridized carbons (Fsp3) is 0.0833. The summed E-state index contributed by atoms with van der Waals surface area (Å²) in [6.45, 7) is -0.0109. The van der Waals surface area contributed by atoms with Crippen LogP contribution < -0.4 is 5.32 Å². The first-order valence-corrected chi connectivity index (χ1v) is 4.77. The van der Waals surface area contributed by atoms with Gasteiger partial charge in [-0.05, 0) is 18.2 Å². The molecule has 2 aromatic rings. The van der Waals surface area contributed by atoms with Crippen molar-refractivity contribution in [3.05, 3.63) is 54.2 Å². The molecular weight excluding hydrogens is 188 g/mol. The lowest BCUT2D eigenvalue weighted by Crippen LogP contribution is -1.98. The zero-order valence-corrected chi connectivity index (χ0v) is 8.22. The standard InChI is InChI=1S/C12H12N2O/c15-9-10-5-4-8-13-12(10)14-11-6-2-1-3-7-11/h1-8,15H,9H2,(H,13,14). The molecule has 0 radical (unpaired) electrons. The van der Waals surface area contributed by atoms with Gasteiger partial charge >= 0.3 is 0 Å². The first-order valence-electron chi connectivity index (χ1n) is 4.77. The molecule has 0 unspecified atom stereocenters. The quantitative estimate of drug-likeness (QED) is 0.799. The van der Waals surface area contributed by atoms with Gasteiger partial charge in [-0.1, -0.05) is 24.3 Å². The minimum atomic E-state index is -0.0109. The second-order valence-corrected chi connectivity index (χ2v) is 3.16. The summed E-state index contributed by atoms with van der Waals surface area (Å²) in [5.41, 5.74) is 1.76. The molecule has 15 heavy (non-hydrogen) atoms. The van der Waals surface area contributed by atoms with Crippen molar-refractivity contribution in [1.29, 1.82) is 0 Å². The molecule has 1 aromatic carbocycles. The number of rotatable bonds is 3. The second-order valence-electron chi connectivity index (χ2n) is 3.16. The van der Waals surface area contributed by atoms with Gasteiger partial charge in [-0.2, -0.15) is 0 Å². The number of aliphatic hydroxyl groups is 1. The van der Waals surface area contributed by atoms with Crippen molar-refractivity contribution in [2.45, 2.75) is 6.61 Å². The van der Waals surface area contributed by atoms with E-state index in [1.807, 2.05) is 42.5 Å². The van der Waals surface area contributed by atoms with E-state index in [0.29, 0.717) is 5.82 Å². The number of nitrogens with zero attached hydrogens (tertiary/aromatic N) is 1. The molecule has 0 amide bonds. The summed E-state index contributed by atoms with van der Waals surface area (Å²) in [4.78, 5) is 4.17. The molecule has 76 valence electrons. The minimum Gasteiger partial charge on any atom is -0.392 e. The number of para-hydroxylation sites is 1. The van der Waals surface area contributed by atoms with E-state index in [-0.39, 0.29) is 6.61 Å². The topological polar surface area (TPSA) is 45.2 Å². The fourth-order valence-corrected chi connectivity index (χ4v) is 1.34. The zero-order valence-electron chi connectivity index (χ0n) is 8.22. The monoisotopic (exact) mass is 200 g/mol. The SMILES string of the molecule is OCc1cccnc1Nc1ccccc1. The first-order chi connectivity index (χ1) is 7.40. The number of pyridine rings is 1. The third-order valence-electron chi connectivity index (χ3n) is 2.10. The smallest absolute Gasteiger partial charge is 0.135 e. The molecular formula is C12H12N2O. The van der Waals surface area contributed by atoms with Gasteiger partial charge in [0.2, 0.25) is 0 Å². The van der Waals surface area contributed by atoms with Crippen LogP contribution in [-0.4, -0.2) is 10.1 Å². The molecule has 3 heteroatoms. The van der Waals surface area contributed by atoms with Crippen LogP contribution in [0.2, 0.25) is 0 Å². The Bertz CT molecular complexity index is 429. The fourth-order valence-electron chi connectivity index (χ4n) is 1.34. The van der Waals surface area contributed by atoms with Gasteiger partial charge in [0.1, 0.15) is 5.82 Å². The lowest BCUT2D eigenvalue weighted by atomic mass is 10.2. The number of aliphatic hydroxyl groups excluding tert-OH is 1. The highest BCUT2D eigenvalue weighted by Gasteiger charge is 2.01. The van der Waals surface area contributed by atoms with Crippen LogP contribution in [0.15, 0.2) is 48.7 Å². The molecule has 3 nitrogen and oxygen atoms in total. The molecule has 0 aliphatic carbocycles. The Morgan fingerprint density at radius 3 is 2.60 bits per heavy atom. The van der Waals surface area contributed by atoms with Crippen LogP contribution in [0.4, 0.5) is 11.5 Å². The van der Waals surface area contributed by atoms with E-state index in [0.717, 1.165) is 11.3 Å². The van der Waals surface area contributed by atoms with Crippen molar-refractivity contribution in [2.24, 2.45) is 0 Å². The molecule has 1 heterocycles. The third-order valence-corrected chi connectivity index (χ3v) is 2.10. The predicted octanol–water partition coefficient (Wildman–Crippen LogP) is 2.32. The van der Waals surface area contributed by atoms with E-state index in [1.54, 1.807) is 6.20 Å². The molecule has 0 aliphatic heterocycles. The maximum atomic E-state index is 9.12. The van der Waals surface area contributed by atoms with Crippen LogP contribution in [0, 0.1) is 0 Å². The van der Waals surface area contributed by atoms with Crippen molar-refractivity contribution in [2.75, 3.05) is 5.32 Å². The number of anilines is 2. The van der Waals surface area contributed by atoms with E-state index >= 15 is 0 Å². The van der Waals surface area contributed by atoms with E-state index in [9.17, 15) is 0 Å². The molecule has 0 atom stereocenters. The molecule has 0 bridgehead atoms. The highest BCUT2D eigenvalue weighted by molar-refractivity contribution is 5.58. The number of benzene rings is 1. The normalized spacial score (nSPS) is 9.93. The summed E-state index contributed by atoms with van der Waals surface area (Å²) in [6.07, 6.45) is 1.70. The average molecular weight is 200 g/mol. The second kappa shape index (κ2) is 4.57. The largest absolute Gasteiger partial charge is 0.392 e. The number of hydrogen-bond acceptors (Lipinski definition) is 3. The van der Waals surface area contributed by atoms with Gasteiger partial charge in [0.15, 0.2) is 0 Å². The zero-order chi connectivity index (χ0) is 10.5. The Kier molecular flexibility index (Phi) is 2.95. The third kappa shape index (κ3) is 2.33. The van der Waals surface area contributed by atoms with Gasteiger partial charge < -0.3 is 10.4 Å². The van der Waals surface area contributed by atoms with Crippen LogP contribution in [0.25, 0.3) is 0 Å². The van der Waals surface area contributed by atoms with Crippen LogP contribution in [-0.2, 0) is 6.61 Å². The summed E-state index contributed by atoms with van der Waals surface area (Å²) in [6, 6.07) is 13.4. The van der Waals surface area contributed by atoms with E-state index in [1.165, 1.54) is 0 Å². The maximum Gasteiger partial charge on any atom is 0.135 e. The van der Waals surface area contributed by atoms with Gasteiger partial charge in [-0.3, -0.25) is 0 Å². The van der Waals surface area contributed by atoms with Gasteiger partial charge in [0.25, 0.3) is 0 Å². The van der Waals surface area contributed by atoms with E-state index < -0.39 is 0 Å². The van der Waals surface area contributed by atoms with Crippen molar-refractivity contribution in [3.8, 4) is 0 Å². The summed E-state index contributed by atoms with van der Waals surface area (Å²) < 4.78 is 0. The highest BCUT2D eigenvalue weighted by atomic mass is 16.3. The lowest BCUT2D eigenvalue weighted by Gasteiger charge is -2.08. The molecule has 2 N–H and O–H groups in total. The Hall–Kier alpha value is -1.87. The lowest BCUT2D eigenvalue weighted by molar-refractivity contribution is 0.282. The molecule has 0 saturated carbocycles. The maximum absolute atomic E-state index is 9.12. The van der Waals surface area contributed by atoms with Gasteiger partial charge in [0.05, 0.1) is 6.61 Å². The summed E-state index contributed by atoms with van der Waals surface area (Å²) in [7, 11) is 0. The summed E-state index contributed by atoms with van der Waals surface area (Å²) >= 11 is 0. The Morgan fingerprint density at radius 1 is 1.07 bits per heavy atom. The number of aromatic nitrogens is 1. The van der Waals surface area contributed by atoms with Crippen molar-refractivity contribution < 1.29 is 5.11 Å². The Balaban J connectivity index is 2.24. The molecule has 1 aromatic heterocycles. The molecule has 0 saturated heterocycles. The van der Waals surface area contributed by atoms with Crippen LogP contribution in [0.3, 0.4) is 0 Å². The van der Waals surface area contributed by atoms with Crippen molar-refractivity contribution in [3.63, 3.8) is 0 Å². The van der Waals surface area contributed by atoms with Crippen molar-refractivity contribution in [1.82, 2.24) is 4.98 Å². The average Bonchev–Trinajstić information content (AvgIpc) is 2.31. The summed E-state index contributed by atoms with van der Waals surface area (Å²) in [5.74, 6) is 0.700. The summed E-state index contributed by atoms with van der Waals surface area (Å²) in [5, 5.41) is 12.3. The first kappa shape index (κ1) is 9.68. The highest BCUT2D eigenvalue weighted by Crippen LogP contribution is 2.17. The van der Waals surface area contributed by atoms with E-state index in [2.05, 4.69) is 10.3 Å². The minimum absolute atomic E-state index is 0.0109.